The second kappa shape index (κ2) is 8.04. The van der Waals surface area contributed by atoms with Gasteiger partial charge in [-0.05, 0) is 25.5 Å². The Kier molecular flexibility index (Phi) is 5.90. The summed E-state index contributed by atoms with van der Waals surface area (Å²) in [4.78, 5) is 22.0. The zero-order valence-corrected chi connectivity index (χ0v) is 16.5. The zero-order valence-electron chi connectivity index (χ0n) is 15.7. The number of ether oxygens (including phenoxy) is 1. The number of hydrogen-bond donors (Lipinski definition) is 1. The van der Waals surface area contributed by atoms with Crippen molar-refractivity contribution in [1.29, 1.82) is 0 Å². The monoisotopic (exact) mass is 414 g/mol. The number of anilines is 1. The van der Waals surface area contributed by atoms with E-state index in [1.807, 2.05) is 0 Å². The molecule has 2 aromatic heterocycles. The molecule has 1 N–H and O–H groups in total. The summed E-state index contributed by atoms with van der Waals surface area (Å²) in [5, 5.41) is 3.23. The number of aryl methyl sites for hydroxylation is 1. The van der Waals surface area contributed by atoms with Crippen molar-refractivity contribution in [2.24, 2.45) is 0 Å². The molecule has 6 nitrogen and oxygen atoms in total. The van der Waals surface area contributed by atoms with Crippen molar-refractivity contribution in [1.82, 2.24) is 14.9 Å². The molecule has 0 bridgehead atoms. The van der Waals surface area contributed by atoms with Gasteiger partial charge in [0.15, 0.2) is 5.13 Å². The lowest BCUT2D eigenvalue weighted by molar-refractivity contribution is -0.141. The van der Waals surface area contributed by atoms with Crippen LogP contribution in [0.2, 0.25) is 0 Å². The molecule has 10 heteroatoms. The van der Waals surface area contributed by atoms with E-state index in [2.05, 4.69) is 27.1 Å². The molecule has 1 aliphatic heterocycles. The molecule has 1 saturated heterocycles. The number of halogens is 3. The Hall–Kier alpha value is -2.20. The van der Waals surface area contributed by atoms with Crippen molar-refractivity contribution in [2.45, 2.75) is 52.1 Å². The first-order chi connectivity index (χ1) is 13.1. The van der Waals surface area contributed by atoms with Crippen LogP contribution in [0.15, 0.2) is 18.5 Å². The molecule has 0 spiro atoms. The molecule has 2 atom stereocenters. The third kappa shape index (κ3) is 4.99. The summed E-state index contributed by atoms with van der Waals surface area (Å²) in [6, 6.07) is 1.26. The van der Waals surface area contributed by atoms with Gasteiger partial charge in [-0.3, -0.25) is 9.69 Å². The van der Waals surface area contributed by atoms with E-state index in [9.17, 15) is 18.0 Å². The van der Waals surface area contributed by atoms with Crippen LogP contribution in [-0.2, 0) is 17.5 Å². The van der Waals surface area contributed by atoms with Crippen molar-refractivity contribution in [2.75, 3.05) is 11.9 Å². The second-order valence-electron chi connectivity index (χ2n) is 6.90. The van der Waals surface area contributed by atoms with E-state index in [1.165, 1.54) is 18.3 Å². The standard InChI is InChI=1S/C18H21F3N4O2S/c1-10-4-16(18(19,20)21)22-7-15(10)27-13-5-11(2)25(8-13)9-14-6-23-17(28-14)24-12(3)26/h4,6-7,11,13H,5,8-9H2,1-3H3,(H,23,24,26). The van der Waals surface area contributed by atoms with Gasteiger partial charge < -0.3 is 10.1 Å². The Morgan fingerprint density at radius 2 is 2.14 bits per heavy atom. The summed E-state index contributed by atoms with van der Waals surface area (Å²) < 4.78 is 44.2. The minimum Gasteiger partial charge on any atom is -0.487 e. The summed E-state index contributed by atoms with van der Waals surface area (Å²) in [5.41, 5.74) is -0.505. The van der Waals surface area contributed by atoms with Crippen LogP contribution in [-0.4, -0.2) is 39.5 Å². The Morgan fingerprint density at radius 3 is 2.79 bits per heavy atom. The fourth-order valence-corrected chi connectivity index (χ4v) is 4.03. The molecular weight excluding hydrogens is 393 g/mol. The highest BCUT2D eigenvalue weighted by atomic mass is 32.1. The maximum absolute atomic E-state index is 12.7. The molecule has 1 aliphatic rings. The fourth-order valence-electron chi connectivity index (χ4n) is 3.14. The van der Waals surface area contributed by atoms with Crippen LogP contribution in [0, 0.1) is 6.92 Å². The molecule has 0 aliphatic carbocycles. The number of nitrogens with zero attached hydrogens (tertiary/aromatic N) is 3. The lowest BCUT2D eigenvalue weighted by atomic mass is 10.2. The van der Waals surface area contributed by atoms with Gasteiger partial charge >= 0.3 is 6.18 Å². The third-order valence-corrected chi connectivity index (χ3v) is 5.41. The van der Waals surface area contributed by atoms with E-state index >= 15 is 0 Å². The summed E-state index contributed by atoms with van der Waals surface area (Å²) in [6.45, 7) is 6.42. The Bertz CT molecular complexity index is 856. The highest BCUT2D eigenvalue weighted by Gasteiger charge is 2.34. The van der Waals surface area contributed by atoms with Crippen molar-refractivity contribution in [3.63, 3.8) is 0 Å². The number of amides is 1. The van der Waals surface area contributed by atoms with Crippen LogP contribution < -0.4 is 10.1 Å². The minimum absolute atomic E-state index is 0.130. The van der Waals surface area contributed by atoms with Crippen molar-refractivity contribution >= 4 is 22.4 Å². The first kappa shape index (κ1) is 20.5. The molecule has 0 radical (unpaired) electrons. The smallest absolute Gasteiger partial charge is 0.433 e. The number of nitrogens with one attached hydrogen (secondary N) is 1. The van der Waals surface area contributed by atoms with E-state index in [0.717, 1.165) is 23.6 Å². The highest BCUT2D eigenvalue weighted by molar-refractivity contribution is 7.15. The van der Waals surface area contributed by atoms with E-state index < -0.39 is 11.9 Å². The number of alkyl halides is 3. The molecule has 0 aromatic carbocycles. The van der Waals surface area contributed by atoms with Gasteiger partial charge in [0, 0.05) is 43.5 Å². The molecule has 28 heavy (non-hydrogen) atoms. The molecule has 152 valence electrons. The van der Waals surface area contributed by atoms with Crippen molar-refractivity contribution in [3.05, 3.63) is 34.6 Å². The van der Waals surface area contributed by atoms with E-state index in [4.69, 9.17) is 4.74 Å². The molecule has 3 heterocycles. The topological polar surface area (TPSA) is 67.4 Å². The molecule has 0 saturated carbocycles. The lowest BCUT2D eigenvalue weighted by Gasteiger charge is -2.19. The van der Waals surface area contributed by atoms with Crippen LogP contribution in [0.4, 0.5) is 18.3 Å². The van der Waals surface area contributed by atoms with Gasteiger partial charge in [-0.2, -0.15) is 13.2 Å². The molecule has 1 fully saturated rings. The Balaban J connectivity index is 1.61. The predicted octanol–water partition coefficient (Wildman–Crippen LogP) is 3.87. The van der Waals surface area contributed by atoms with Gasteiger partial charge in [0.2, 0.25) is 5.91 Å². The quantitative estimate of drug-likeness (QED) is 0.805. The van der Waals surface area contributed by atoms with Gasteiger partial charge in [0.25, 0.3) is 0 Å². The van der Waals surface area contributed by atoms with E-state index in [0.29, 0.717) is 29.5 Å². The third-order valence-electron chi connectivity index (χ3n) is 4.51. The van der Waals surface area contributed by atoms with Gasteiger partial charge in [0.1, 0.15) is 17.5 Å². The Morgan fingerprint density at radius 1 is 1.39 bits per heavy atom. The van der Waals surface area contributed by atoms with Crippen molar-refractivity contribution < 1.29 is 22.7 Å². The largest absolute Gasteiger partial charge is 0.487 e. The average Bonchev–Trinajstić information content (AvgIpc) is 3.15. The fraction of sp³-hybridized carbons (Fsp3) is 0.500. The molecule has 2 unspecified atom stereocenters. The SMILES string of the molecule is CC(=O)Nc1ncc(CN2CC(Oc3cnc(C(F)(F)F)cc3C)CC2C)s1. The highest BCUT2D eigenvalue weighted by Crippen LogP contribution is 2.32. The molecule has 2 aromatic rings. The number of aromatic nitrogens is 2. The van der Waals surface area contributed by atoms with Crippen LogP contribution in [0.5, 0.6) is 5.75 Å². The molecular formula is C18H21F3N4O2S. The maximum atomic E-state index is 12.7. The van der Waals surface area contributed by atoms with Crippen LogP contribution in [0.25, 0.3) is 0 Å². The average molecular weight is 414 g/mol. The van der Waals surface area contributed by atoms with E-state index in [-0.39, 0.29) is 18.1 Å². The summed E-state index contributed by atoms with van der Waals surface area (Å²) in [5.74, 6) is 0.210. The zero-order chi connectivity index (χ0) is 20.5. The number of thiazole rings is 1. The summed E-state index contributed by atoms with van der Waals surface area (Å²) in [6.07, 6.45) is -0.949. The van der Waals surface area contributed by atoms with Gasteiger partial charge in [-0.1, -0.05) is 0 Å². The molecule has 1 amide bonds. The van der Waals surface area contributed by atoms with Gasteiger partial charge in [-0.25, -0.2) is 9.97 Å². The van der Waals surface area contributed by atoms with Crippen LogP contribution in [0.1, 0.15) is 36.4 Å². The van der Waals surface area contributed by atoms with Gasteiger partial charge in [0.05, 0.1) is 6.20 Å². The number of likely N-dealkylation sites (tertiary alicyclic amines) is 1. The number of carbonyl (C=O) groups is 1. The first-order valence-electron chi connectivity index (χ1n) is 8.78. The van der Waals surface area contributed by atoms with Gasteiger partial charge in [-0.15, -0.1) is 11.3 Å². The summed E-state index contributed by atoms with van der Waals surface area (Å²) >= 11 is 1.42. The number of carbonyl (C=O) groups excluding carboxylic acids is 1. The van der Waals surface area contributed by atoms with Crippen LogP contribution >= 0.6 is 11.3 Å². The predicted molar refractivity (Wildman–Crippen MR) is 99.3 cm³/mol. The van der Waals surface area contributed by atoms with E-state index in [1.54, 1.807) is 13.1 Å². The lowest BCUT2D eigenvalue weighted by Crippen LogP contribution is -2.27. The minimum atomic E-state index is -4.47. The molecule has 3 rings (SSSR count). The number of hydrogen-bond acceptors (Lipinski definition) is 6. The number of rotatable bonds is 5. The van der Waals surface area contributed by atoms with Crippen molar-refractivity contribution in [3.8, 4) is 5.75 Å². The summed E-state index contributed by atoms with van der Waals surface area (Å²) in [7, 11) is 0. The second-order valence-corrected chi connectivity index (χ2v) is 8.01. The van der Waals surface area contributed by atoms with Crippen LogP contribution in [0.3, 0.4) is 0 Å². The number of pyridine rings is 1. The first-order valence-corrected chi connectivity index (χ1v) is 9.60. The normalized spacial score (nSPS) is 20.4. The maximum Gasteiger partial charge on any atom is 0.433 e. The Labute approximate surface area is 164 Å².